The van der Waals surface area contributed by atoms with E-state index in [2.05, 4.69) is 10.2 Å². The summed E-state index contributed by atoms with van der Waals surface area (Å²) in [6.07, 6.45) is 5.18. The third-order valence-corrected chi connectivity index (χ3v) is 4.69. The number of nitrogens with zero attached hydrogens (tertiary/aromatic N) is 2. The molecule has 0 saturated carbocycles. The highest BCUT2D eigenvalue weighted by atomic mass is 16.2. The van der Waals surface area contributed by atoms with E-state index in [4.69, 9.17) is 0 Å². The van der Waals surface area contributed by atoms with Gasteiger partial charge in [0.2, 0.25) is 11.8 Å². The summed E-state index contributed by atoms with van der Waals surface area (Å²) in [4.78, 5) is 29.0. The van der Waals surface area contributed by atoms with Gasteiger partial charge in [0.15, 0.2) is 0 Å². The van der Waals surface area contributed by atoms with Crippen LogP contribution in [-0.2, 0) is 9.59 Å². The molecular formula is C18H25N3O2. The summed E-state index contributed by atoms with van der Waals surface area (Å²) < 4.78 is 0. The molecule has 0 radical (unpaired) electrons. The highest BCUT2D eigenvalue weighted by Crippen LogP contribution is 2.31. The molecule has 1 atom stereocenters. The van der Waals surface area contributed by atoms with E-state index in [9.17, 15) is 9.59 Å². The molecule has 2 aliphatic rings. The lowest BCUT2D eigenvalue weighted by atomic mass is 10.1. The van der Waals surface area contributed by atoms with Gasteiger partial charge in [0.25, 0.3) is 0 Å². The maximum absolute atomic E-state index is 13.0. The van der Waals surface area contributed by atoms with Crippen molar-refractivity contribution >= 4 is 23.2 Å². The molecule has 1 N–H and O–H groups in total. The van der Waals surface area contributed by atoms with E-state index in [0.717, 1.165) is 24.5 Å². The number of carbonyl (C=O) groups is 2. The average molecular weight is 315 g/mol. The molecule has 0 spiro atoms. The van der Waals surface area contributed by atoms with Gasteiger partial charge in [0, 0.05) is 12.5 Å². The largest absolute Gasteiger partial charge is 0.324 e. The monoisotopic (exact) mass is 315 g/mol. The molecule has 5 nitrogen and oxygen atoms in total. The van der Waals surface area contributed by atoms with Crippen LogP contribution in [0.1, 0.15) is 39.0 Å². The molecule has 124 valence electrons. The topological polar surface area (TPSA) is 52.7 Å². The molecule has 2 amide bonds. The van der Waals surface area contributed by atoms with Crippen molar-refractivity contribution in [3.63, 3.8) is 0 Å². The number of hydrogen-bond donors (Lipinski definition) is 1. The van der Waals surface area contributed by atoms with Crippen LogP contribution in [0.4, 0.5) is 11.4 Å². The second-order valence-corrected chi connectivity index (χ2v) is 6.57. The Kier molecular flexibility index (Phi) is 4.96. The van der Waals surface area contributed by atoms with Crippen LogP contribution in [0.5, 0.6) is 0 Å². The number of para-hydroxylation sites is 2. The molecular weight excluding hydrogens is 290 g/mol. The van der Waals surface area contributed by atoms with Crippen molar-refractivity contribution in [2.45, 2.75) is 45.1 Å². The normalized spacial score (nSPS) is 22.7. The summed E-state index contributed by atoms with van der Waals surface area (Å²) in [7, 11) is 0. The fourth-order valence-corrected chi connectivity index (χ4v) is 3.53. The van der Waals surface area contributed by atoms with Gasteiger partial charge in [-0.05, 0) is 45.0 Å². The molecule has 3 rings (SSSR count). The number of rotatable bonds is 2. The Morgan fingerprint density at radius 3 is 2.61 bits per heavy atom. The lowest BCUT2D eigenvalue weighted by Gasteiger charge is -2.30. The van der Waals surface area contributed by atoms with Gasteiger partial charge in [0.05, 0.1) is 17.9 Å². The Morgan fingerprint density at radius 1 is 1.17 bits per heavy atom. The van der Waals surface area contributed by atoms with Crippen molar-refractivity contribution in [2.24, 2.45) is 0 Å². The number of benzene rings is 1. The Labute approximate surface area is 137 Å². The van der Waals surface area contributed by atoms with Gasteiger partial charge in [-0.1, -0.05) is 25.0 Å². The summed E-state index contributed by atoms with van der Waals surface area (Å²) in [5.41, 5.74) is 1.54. The van der Waals surface area contributed by atoms with Crippen molar-refractivity contribution in [2.75, 3.05) is 29.9 Å². The van der Waals surface area contributed by atoms with Crippen molar-refractivity contribution in [1.82, 2.24) is 4.90 Å². The first-order chi connectivity index (χ1) is 11.1. The average Bonchev–Trinajstić information content (AvgIpc) is 2.83. The standard InChI is InChI=1S/C18H25N3O2/c1-14-12-17(22)19-15-8-4-5-9-16(15)21(14)18(23)13-20-10-6-2-3-7-11-20/h4-5,8-9,14H,2-3,6-7,10-13H2,1H3,(H,19,22). The molecule has 0 aromatic heterocycles. The fraction of sp³-hybridized carbons (Fsp3) is 0.556. The summed E-state index contributed by atoms with van der Waals surface area (Å²) in [6, 6.07) is 7.44. The van der Waals surface area contributed by atoms with Crippen LogP contribution in [0.3, 0.4) is 0 Å². The second kappa shape index (κ2) is 7.13. The third kappa shape index (κ3) is 3.72. The molecule has 1 fully saturated rings. The SMILES string of the molecule is CC1CC(=O)Nc2ccccc2N1C(=O)CN1CCCCCC1. The predicted octanol–water partition coefficient (Wildman–Crippen LogP) is 2.63. The van der Waals surface area contributed by atoms with E-state index in [0.29, 0.717) is 13.0 Å². The zero-order valence-corrected chi connectivity index (χ0v) is 13.8. The molecule has 1 aromatic rings. The predicted molar refractivity (Wildman–Crippen MR) is 91.5 cm³/mol. The molecule has 2 heterocycles. The van der Waals surface area contributed by atoms with Gasteiger partial charge in [-0.25, -0.2) is 0 Å². The van der Waals surface area contributed by atoms with E-state index >= 15 is 0 Å². The number of likely N-dealkylation sites (tertiary alicyclic amines) is 1. The zero-order valence-electron chi connectivity index (χ0n) is 13.8. The number of nitrogens with one attached hydrogen (secondary N) is 1. The van der Waals surface area contributed by atoms with Crippen LogP contribution >= 0.6 is 0 Å². The minimum atomic E-state index is -0.127. The van der Waals surface area contributed by atoms with E-state index in [1.165, 1.54) is 25.7 Å². The van der Waals surface area contributed by atoms with Crippen LogP contribution in [0.2, 0.25) is 0 Å². The number of amides is 2. The summed E-state index contributed by atoms with van der Waals surface area (Å²) in [6.45, 7) is 4.37. The molecule has 1 unspecified atom stereocenters. The lowest BCUT2D eigenvalue weighted by molar-refractivity contribution is -0.120. The molecule has 2 aliphatic heterocycles. The van der Waals surface area contributed by atoms with Crippen molar-refractivity contribution < 1.29 is 9.59 Å². The van der Waals surface area contributed by atoms with E-state index in [-0.39, 0.29) is 17.9 Å². The van der Waals surface area contributed by atoms with Crippen LogP contribution < -0.4 is 10.2 Å². The minimum Gasteiger partial charge on any atom is -0.324 e. The van der Waals surface area contributed by atoms with E-state index in [1.807, 2.05) is 31.2 Å². The first-order valence-electron chi connectivity index (χ1n) is 8.58. The first-order valence-corrected chi connectivity index (χ1v) is 8.58. The van der Waals surface area contributed by atoms with E-state index in [1.54, 1.807) is 4.90 Å². The van der Waals surface area contributed by atoms with Gasteiger partial charge >= 0.3 is 0 Å². The van der Waals surface area contributed by atoms with Gasteiger partial charge in [-0.3, -0.25) is 14.5 Å². The molecule has 0 bridgehead atoms. The summed E-state index contributed by atoms with van der Waals surface area (Å²) in [5, 5.41) is 2.90. The second-order valence-electron chi connectivity index (χ2n) is 6.57. The molecule has 1 saturated heterocycles. The van der Waals surface area contributed by atoms with Gasteiger partial charge < -0.3 is 10.2 Å². The van der Waals surface area contributed by atoms with Crippen LogP contribution in [0.15, 0.2) is 24.3 Å². The van der Waals surface area contributed by atoms with Crippen molar-refractivity contribution in [3.05, 3.63) is 24.3 Å². The number of carbonyl (C=O) groups excluding carboxylic acids is 2. The Morgan fingerprint density at radius 2 is 1.87 bits per heavy atom. The molecule has 5 heteroatoms. The Balaban J connectivity index is 1.81. The number of anilines is 2. The summed E-state index contributed by atoms with van der Waals surface area (Å²) in [5.74, 6) is 0.0540. The molecule has 0 aliphatic carbocycles. The lowest BCUT2D eigenvalue weighted by Crippen LogP contribution is -2.45. The molecule has 23 heavy (non-hydrogen) atoms. The quantitative estimate of drug-likeness (QED) is 0.913. The van der Waals surface area contributed by atoms with Gasteiger partial charge in [-0.15, -0.1) is 0 Å². The van der Waals surface area contributed by atoms with Crippen LogP contribution in [-0.4, -0.2) is 42.4 Å². The summed E-state index contributed by atoms with van der Waals surface area (Å²) >= 11 is 0. The third-order valence-electron chi connectivity index (χ3n) is 4.69. The number of hydrogen-bond acceptors (Lipinski definition) is 3. The van der Waals surface area contributed by atoms with Crippen LogP contribution in [0, 0.1) is 0 Å². The first kappa shape index (κ1) is 16.0. The van der Waals surface area contributed by atoms with Gasteiger partial charge in [0.1, 0.15) is 0 Å². The minimum absolute atomic E-state index is 0.0324. The van der Waals surface area contributed by atoms with Crippen LogP contribution in [0.25, 0.3) is 0 Å². The molecule has 1 aromatic carbocycles. The van der Waals surface area contributed by atoms with Gasteiger partial charge in [-0.2, -0.15) is 0 Å². The number of fused-ring (bicyclic) bond motifs is 1. The van der Waals surface area contributed by atoms with E-state index < -0.39 is 0 Å². The maximum Gasteiger partial charge on any atom is 0.241 e. The fourth-order valence-electron chi connectivity index (χ4n) is 3.53. The van der Waals surface area contributed by atoms with Crippen molar-refractivity contribution in [1.29, 1.82) is 0 Å². The maximum atomic E-state index is 13.0. The highest BCUT2D eigenvalue weighted by molar-refractivity contribution is 6.04. The Hall–Kier alpha value is -1.88. The smallest absolute Gasteiger partial charge is 0.241 e. The Bertz CT molecular complexity index is 579. The zero-order chi connectivity index (χ0) is 16.2. The van der Waals surface area contributed by atoms with Crippen molar-refractivity contribution in [3.8, 4) is 0 Å². The highest BCUT2D eigenvalue weighted by Gasteiger charge is 2.30.